The van der Waals surface area contributed by atoms with Gasteiger partial charge >= 0.3 is 0 Å². The van der Waals surface area contributed by atoms with Crippen molar-refractivity contribution in [3.63, 3.8) is 0 Å². The van der Waals surface area contributed by atoms with E-state index in [-0.39, 0.29) is 41.7 Å². The fourth-order valence-electron chi connectivity index (χ4n) is 10.2. The molecule has 272 valence electrons. The molecule has 0 bridgehead atoms. The van der Waals surface area contributed by atoms with E-state index in [1.54, 1.807) is 0 Å². The molecule has 10 unspecified atom stereocenters. The summed E-state index contributed by atoms with van der Waals surface area (Å²) in [7, 11) is 2.25. The summed E-state index contributed by atoms with van der Waals surface area (Å²) in [5, 5.41) is 14.0. The molecule has 0 aromatic rings. The number of likely N-dealkylation sites (N-methyl/N-ethyl adjacent to an activating group) is 1. The Morgan fingerprint density at radius 1 is 1.06 bits per heavy atom. The first-order valence-corrected chi connectivity index (χ1v) is 19.6. The van der Waals surface area contributed by atoms with Crippen molar-refractivity contribution in [2.24, 2.45) is 40.7 Å². The summed E-state index contributed by atoms with van der Waals surface area (Å²) in [4.78, 5) is 19.6. The van der Waals surface area contributed by atoms with Gasteiger partial charge in [0, 0.05) is 69.5 Å². The monoisotopic (exact) mass is 662 g/mol. The Morgan fingerprint density at radius 2 is 1.77 bits per heavy atom. The molecular weight excluding hydrogens is 589 g/mol. The van der Waals surface area contributed by atoms with Gasteiger partial charge in [0.1, 0.15) is 5.83 Å². The third-order valence-corrected chi connectivity index (χ3v) is 12.8. The van der Waals surface area contributed by atoms with Crippen molar-refractivity contribution < 1.29 is 9.18 Å². The summed E-state index contributed by atoms with van der Waals surface area (Å²) < 4.78 is 15.2. The molecule has 4 rings (SSSR count). The second-order valence-electron chi connectivity index (χ2n) is 16.4. The van der Waals surface area contributed by atoms with Gasteiger partial charge in [0.25, 0.3) is 0 Å². The predicted molar refractivity (Wildman–Crippen MR) is 193 cm³/mol. The Hall–Kier alpha value is -1.26. The van der Waals surface area contributed by atoms with Crippen LogP contribution in [0, 0.1) is 35.0 Å². The predicted octanol–water partition coefficient (Wildman–Crippen LogP) is 5.21. The van der Waals surface area contributed by atoms with Crippen LogP contribution < -0.4 is 27.0 Å². The Bertz CT molecular complexity index is 981. The molecule has 8 nitrogen and oxygen atoms in total. The fraction of sp³-hybridized carbons (Fsp3) is 0.921. The number of nitrogens with zero attached hydrogens (tertiary/aromatic N) is 2. The number of hydrogen-bond acceptors (Lipinski definition) is 7. The molecule has 0 spiro atoms. The molecule has 47 heavy (non-hydrogen) atoms. The average Bonchev–Trinajstić information content (AvgIpc) is 3.15. The molecular formula is C38H72FN7O. The zero-order valence-electron chi connectivity index (χ0n) is 31.1. The lowest BCUT2D eigenvalue weighted by atomic mass is 9.73. The first kappa shape index (κ1) is 38.5. The molecule has 1 saturated carbocycles. The normalized spacial score (nSPS) is 38.2. The topological polar surface area (TPSA) is 97.7 Å². The van der Waals surface area contributed by atoms with Crippen molar-refractivity contribution >= 4 is 5.91 Å². The standard InChI is InChI=1S/C38H72FN7O/c1-8-11-30-26(4)22-28(12-13-33(30)46-20-18-45(7)19-21-46)31-14-17-41-25-32(31)43-37(47)35-27(5)42-24-29(39)23-34(44-36(35)40)38(6,15-9-2)16-10-3/h24,26-28,30-36,41-42,44H,8-23,25,40H2,1-7H3,(H,43,47)/b29-24+. The molecule has 0 radical (unpaired) electrons. The summed E-state index contributed by atoms with van der Waals surface area (Å²) in [6.07, 6.45) is 12.6. The zero-order chi connectivity index (χ0) is 34.1. The van der Waals surface area contributed by atoms with Gasteiger partial charge in [-0.05, 0) is 94.5 Å². The summed E-state index contributed by atoms with van der Waals surface area (Å²) in [5.74, 6) is 1.73. The highest BCUT2D eigenvalue weighted by molar-refractivity contribution is 5.80. The molecule has 1 amide bonds. The van der Waals surface area contributed by atoms with Gasteiger partial charge in [-0.25, -0.2) is 4.39 Å². The van der Waals surface area contributed by atoms with E-state index < -0.39 is 12.1 Å². The Balaban J connectivity index is 1.50. The van der Waals surface area contributed by atoms with E-state index >= 15 is 4.39 Å². The van der Waals surface area contributed by atoms with Crippen LogP contribution in [0.3, 0.4) is 0 Å². The van der Waals surface area contributed by atoms with Crippen molar-refractivity contribution in [2.75, 3.05) is 46.3 Å². The second-order valence-corrected chi connectivity index (χ2v) is 16.4. The number of hydrogen-bond donors (Lipinski definition) is 5. The molecule has 0 aromatic heterocycles. The van der Waals surface area contributed by atoms with Crippen molar-refractivity contribution in [3.8, 4) is 0 Å². The molecule has 3 fully saturated rings. The van der Waals surface area contributed by atoms with E-state index in [1.807, 2.05) is 6.92 Å². The summed E-state index contributed by atoms with van der Waals surface area (Å²) in [5.41, 5.74) is 6.81. The lowest BCUT2D eigenvalue weighted by molar-refractivity contribution is -0.128. The molecule has 10 atom stereocenters. The fourth-order valence-corrected chi connectivity index (χ4v) is 10.2. The molecule has 0 aromatic carbocycles. The molecule has 4 aliphatic rings. The third-order valence-electron chi connectivity index (χ3n) is 12.8. The van der Waals surface area contributed by atoms with Gasteiger partial charge in [-0.1, -0.05) is 53.9 Å². The van der Waals surface area contributed by atoms with Crippen LogP contribution in [0.2, 0.25) is 0 Å². The third kappa shape index (κ3) is 9.93. The van der Waals surface area contributed by atoms with Crippen LogP contribution in [0.5, 0.6) is 0 Å². The van der Waals surface area contributed by atoms with Crippen molar-refractivity contribution in [3.05, 3.63) is 12.0 Å². The molecule has 1 aliphatic carbocycles. The highest BCUT2D eigenvalue weighted by Gasteiger charge is 2.43. The van der Waals surface area contributed by atoms with Gasteiger partial charge in [0.05, 0.1) is 12.1 Å². The van der Waals surface area contributed by atoms with E-state index in [9.17, 15) is 4.79 Å². The first-order chi connectivity index (χ1) is 22.5. The Kier molecular flexibility index (Phi) is 14.9. The van der Waals surface area contributed by atoms with Crippen molar-refractivity contribution in [1.29, 1.82) is 0 Å². The highest BCUT2D eigenvalue weighted by Crippen LogP contribution is 2.42. The summed E-state index contributed by atoms with van der Waals surface area (Å²) >= 11 is 0. The number of carbonyl (C=O) groups excluding carboxylic acids is 1. The van der Waals surface area contributed by atoms with Crippen LogP contribution in [0.15, 0.2) is 12.0 Å². The van der Waals surface area contributed by atoms with Crippen molar-refractivity contribution in [2.45, 2.75) is 143 Å². The van der Waals surface area contributed by atoms with Crippen LogP contribution in [0.1, 0.15) is 112 Å². The summed E-state index contributed by atoms with van der Waals surface area (Å²) in [6, 6.07) is 0.286. The smallest absolute Gasteiger partial charge is 0.228 e. The Labute approximate surface area is 287 Å². The quantitative estimate of drug-likeness (QED) is 0.194. The van der Waals surface area contributed by atoms with Crippen LogP contribution in [-0.4, -0.2) is 92.4 Å². The molecule has 3 aliphatic heterocycles. The van der Waals surface area contributed by atoms with E-state index in [0.717, 1.165) is 51.1 Å². The van der Waals surface area contributed by atoms with E-state index in [0.29, 0.717) is 23.8 Å². The maximum Gasteiger partial charge on any atom is 0.228 e. The number of nitrogens with one attached hydrogen (secondary N) is 4. The maximum atomic E-state index is 15.2. The maximum absolute atomic E-state index is 15.2. The molecule has 6 N–H and O–H groups in total. The van der Waals surface area contributed by atoms with Gasteiger partial charge in [-0.3, -0.25) is 15.0 Å². The van der Waals surface area contributed by atoms with E-state index in [4.69, 9.17) is 5.73 Å². The van der Waals surface area contributed by atoms with Crippen molar-refractivity contribution in [1.82, 2.24) is 31.1 Å². The molecule has 3 heterocycles. The average molecular weight is 662 g/mol. The van der Waals surface area contributed by atoms with Gasteiger partial charge in [0.15, 0.2) is 0 Å². The van der Waals surface area contributed by atoms with Crippen LogP contribution >= 0.6 is 0 Å². The number of rotatable bonds is 11. The number of carbonyl (C=O) groups is 1. The second kappa shape index (κ2) is 18.1. The minimum absolute atomic E-state index is 0.0216. The number of halogens is 1. The highest BCUT2D eigenvalue weighted by atomic mass is 19.1. The minimum atomic E-state index is -0.582. The zero-order valence-corrected chi connectivity index (χ0v) is 31.1. The largest absolute Gasteiger partial charge is 0.385 e. The lowest BCUT2D eigenvalue weighted by Crippen LogP contribution is -2.62. The number of nitrogens with two attached hydrogens (primary N) is 1. The van der Waals surface area contributed by atoms with E-state index in [2.05, 4.69) is 72.7 Å². The van der Waals surface area contributed by atoms with Gasteiger partial charge in [-0.15, -0.1) is 0 Å². The SMILES string of the molecule is CCCC1C(C)CC(C2CCNCC2NC(=O)C2C(C)N/C=C(/F)CC(C(C)(CCC)CCC)NC2N)CCC1N1CCN(C)CC1. The lowest BCUT2D eigenvalue weighted by Gasteiger charge is -2.42. The molecule has 2 saturated heterocycles. The van der Waals surface area contributed by atoms with Gasteiger partial charge in [-0.2, -0.15) is 0 Å². The van der Waals surface area contributed by atoms with E-state index in [1.165, 1.54) is 64.5 Å². The first-order valence-electron chi connectivity index (χ1n) is 19.6. The van der Waals surface area contributed by atoms with Gasteiger partial charge < -0.3 is 26.6 Å². The minimum Gasteiger partial charge on any atom is -0.385 e. The Morgan fingerprint density at radius 3 is 2.43 bits per heavy atom. The van der Waals surface area contributed by atoms with Gasteiger partial charge in [0.2, 0.25) is 5.91 Å². The number of piperazine rings is 1. The molecule has 9 heteroatoms. The summed E-state index contributed by atoms with van der Waals surface area (Å²) in [6.45, 7) is 20.0. The van der Waals surface area contributed by atoms with Crippen LogP contribution in [-0.2, 0) is 4.79 Å². The van der Waals surface area contributed by atoms with Crippen LogP contribution in [0.25, 0.3) is 0 Å². The van der Waals surface area contributed by atoms with Crippen LogP contribution in [0.4, 0.5) is 4.39 Å². The number of amides is 1. The number of piperidine rings is 1.